The zero-order valence-corrected chi connectivity index (χ0v) is 12.2. The van der Waals surface area contributed by atoms with Gasteiger partial charge in [-0.3, -0.25) is 10.1 Å². The van der Waals surface area contributed by atoms with E-state index in [-0.39, 0.29) is 22.3 Å². The van der Waals surface area contributed by atoms with Crippen LogP contribution < -0.4 is 10.1 Å². The van der Waals surface area contributed by atoms with Crippen molar-refractivity contribution in [3.63, 3.8) is 0 Å². The molecule has 0 aliphatic rings. The highest BCUT2D eigenvalue weighted by molar-refractivity contribution is 6.30. The highest BCUT2D eigenvalue weighted by Gasteiger charge is 2.19. The molecule has 0 aliphatic carbocycles. The number of nitro benzene ring substituents is 1. The Morgan fingerprint density at radius 2 is 2.19 bits per heavy atom. The van der Waals surface area contributed by atoms with Gasteiger partial charge in [-0.15, -0.1) is 0 Å². The first-order valence-corrected chi connectivity index (χ1v) is 6.58. The first-order valence-electron chi connectivity index (χ1n) is 6.20. The summed E-state index contributed by atoms with van der Waals surface area (Å²) in [6.07, 6.45) is 1.95. The topological polar surface area (TPSA) is 90.2 Å². The fourth-order valence-electron chi connectivity index (χ4n) is 1.84. The largest absolute Gasteiger partial charge is 0.431 e. The van der Waals surface area contributed by atoms with E-state index in [9.17, 15) is 10.1 Å². The molecule has 0 spiro atoms. The minimum atomic E-state index is -0.549. The minimum Gasteiger partial charge on any atom is -0.431 e. The molecule has 21 heavy (non-hydrogen) atoms. The molecule has 0 saturated carbocycles. The molecule has 0 amide bonds. The van der Waals surface area contributed by atoms with Crippen LogP contribution in [0.5, 0.6) is 11.6 Å². The van der Waals surface area contributed by atoms with Gasteiger partial charge >= 0.3 is 5.69 Å². The van der Waals surface area contributed by atoms with Crippen molar-refractivity contribution < 1.29 is 9.66 Å². The number of anilines is 1. The first-order chi connectivity index (χ1) is 10.1. The molecule has 0 atom stereocenters. The van der Waals surface area contributed by atoms with Crippen LogP contribution >= 0.6 is 11.6 Å². The second-order valence-corrected chi connectivity index (χ2v) is 4.52. The smallest absolute Gasteiger partial charge is 0.313 e. The number of nitrogens with zero attached hydrogens (tertiary/aromatic N) is 3. The molecule has 7 nitrogen and oxygen atoms in total. The average Bonchev–Trinajstić information content (AvgIpc) is 2.48. The lowest BCUT2D eigenvalue weighted by atomic mass is 10.2. The summed E-state index contributed by atoms with van der Waals surface area (Å²) >= 11 is 5.77. The van der Waals surface area contributed by atoms with Crippen molar-refractivity contribution in [3.8, 4) is 11.6 Å². The van der Waals surface area contributed by atoms with Crippen LogP contribution in [0.2, 0.25) is 5.02 Å². The molecular formula is C13H13ClN4O3. The Bertz CT molecular complexity index is 678. The molecule has 1 aromatic carbocycles. The molecule has 0 fully saturated rings. The summed E-state index contributed by atoms with van der Waals surface area (Å²) in [7, 11) is 1.73. The maximum absolute atomic E-state index is 11.1. The predicted molar refractivity (Wildman–Crippen MR) is 79.1 cm³/mol. The average molecular weight is 309 g/mol. The molecule has 1 heterocycles. The van der Waals surface area contributed by atoms with E-state index in [1.165, 1.54) is 24.5 Å². The van der Waals surface area contributed by atoms with Crippen molar-refractivity contribution >= 4 is 23.1 Å². The number of halogens is 1. The van der Waals surface area contributed by atoms with Crippen molar-refractivity contribution in [2.24, 2.45) is 0 Å². The summed E-state index contributed by atoms with van der Waals surface area (Å²) in [5, 5.41) is 14.3. The van der Waals surface area contributed by atoms with E-state index in [4.69, 9.17) is 16.3 Å². The summed E-state index contributed by atoms with van der Waals surface area (Å²) in [6.45, 7) is 1.92. The normalized spacial score (nSPS) is 10.2. The molecular weight excluding hydrogens is 296 g/mol. The zero-order chi connectivity index (χ0) is 15.4. The van der Waals surface area contributed by atoms with Crippen molar-refractivity contribution in [2.45, 2.75) is 13.3 Å². The summed E-state index contributed by atoms with van der Waals surface area (Å²) in [6, 6.07) is 4.21. The molecule has 1 aromatic heterocycles. The molecule has 8 heteroatoms. The lowest BCUT2D eigenvalue weighted by Crippen LogP contribution is -2.03. The molecule has 1 N–H and O–H groups in total. The molecule has 2 aromatic rings. The summed E-state index contributed by atoms with van der Waals surface area (Å²) < 4.78 is 5.60. The van der Waals surface area contributed by atoms with E-state index in [1.54, 1.807) is 7.05 Å². The van der Waals surface area contributed by atoms with Crippen molar-refractivity contribution in [1.82, 2.24) is 9.97 Å². The van der Waals surface area contributed by atoms with Gasteiger partial charge in [-0.05, 0) is 18.6 Å². The van der Waals surface area contributed by atoms with Gasteiger partial charge in [0, 0.05) is 18.1 Å². The number of nitro groups is 1. The summed E-state index contributed by atoms with van der Waals surface area (Å²) in [5.41, 5.74) is 0.526. The van der Waals surface area contributed by atoms with Crippen LogP contribution in [0.25, 0.3) is 0 Å². The standard InChI is InChI=1S/C13H13ClN4O3/c1-3-9-12(15-2)16-7-17-13(9)21-11-5-4-8(14)6-10(11)18(19)20/h4-7H,3H2,1-2H3,(H,15,16,17). The SMILES string of the molecule is CCc1c(NC)ncnc1Oc1ccc(Cl)cc1[N+](=O)[O-]. The Labute approximate surface area is 126 Å². The van der Waals surface area contributed by atoms with E-state index in [1.807, 2.05) is 6.92 Å². The van der Waals surface area contributed by atoms with Crippen molar-refractivity contribution in [3.05, 3.63) is 45.2 Å². The van der Waals surface area contributed by atoms with E-state index in [0.29, 0.717) is 12.2 Å². The first kappa shape index (κ1) is 15.0. The molecule has 110 valence electrons. The maximum Gasteiger partial charge on any atom is 0.313 e. The monoisotopic (exact) mass is 308 g/mol. The van der Waals surface area contributed by atoms with Gasteiger partial charge < -0.3 is 10.1 Å². The van der Waals surface area contributed by atoms with Gasteiger partial charge in [0.05, 0.1) is 10.5 Å². The number of rotatable bonds is 5. The van der Waals surface area contributed by atoms with Crippen LogP contribution in [-0.2, 0) is 6.42 Å². The molecule has 0 unspecified atom stereocenters. The van der Waals surface area contributed by atoms with Crippen LogP contribution in [0.4, 0.5) is 11.5 Å². The van der Waals surface area contributed by atoms with E-state index >= 15 is 0 Å². The third-order valence-corrected chi connectivity index (χ3v) is 3.06. The van der Waals surface area contributed by atoms with Gasteiger partial charge in [-0.2, -0.15) is 0 Å². The molecule has 0 radical (unpaired) electrons. The fourth-order valence-corrected chi connectivity index (χ4v) is 2.01. The summed E-state index contributed by atoms with van der Waals surface area (Å²) in [5.74, 6) is 0.987. The quantitative estimate of drug-likeness (QED) is 0.672. The number of nitrogens with one attached hydrogen (secondary N) is 1. The Hall–Kier alpha value is -2.41. The second kappa shape index (κ2) is 6.36. The predicted octanol–water partition coefficient (Wildman–Crippen LogP) is 3.43. The molecule has 0 saturated heterocycles. The number of hydrogen-bond donors (Lipinski definition) is 1. The highest BCUT2D eigenvalue weighted by Crippen LogP contribution is 2.35. The maximum atomic E-state index is 11.1. The lowest BCUT2D eigenvalue weighted by molar-refractivity contribution is -0.385. The van der Waals surface area contributed by atoms with Crippen LogP contribution in [0.15, 0.2) is 24.5 Å². The van der Waals surface area contributed by atoms with Gasteiger partial charge in [0.1, 0.15) is 12.1 Å². The van der Waals surface area contributed by atoms with Crippen LogP contribution in [0.1, 0.15) is 12.5 Å². The summed E-state index contributed by atoms with van der Waals surface area (Å²) in [4.78, 5) is 18.6. The van der Waals surface area contributed by atoms with Crippen LogP contribution in [0.3, 0.4) is 0 Å². The Morgan fingerprint density at radius 3 is 2.81 bits per heavy atom. The Morgan fingerprint density at radius 1 is 1.43 bits per heavy atom. The van der Waals surface area contributed by atoms with Crippen molar-refractivity contribution in [1.29, 1.82) is 0 Å². The van der Waals surface area contributed by atoms with Gasteiger partial charge in [0.2, 0.25) is 11.6 Å². The van der Waals surface area contributed by atoms with Gasteiger partial charge in [-0.1, -0.05) is 18.5 Å². The molecule has 2 rings (SSSR count). The molecule has 0 aliphatic heterocycles. The van der Waals surface area contributed by atoms with Crippen LogP contribution in [0, 0.1) is 10.1 Å². The minimum absolute atomic E-state index is 0.0832. The Kier molecular flexibility index (Phi) is 4.54. The fraction of sp³-hybridized carbons (Fsp3) is 0.231. The number of hydrogen-bond acceptors (Lipinski definition) is 6. The zero-order valence-electron chi connectivity index (χ0n) is 11.5. The highest BCUT2D eigenvalue weighted by atomic mass is 35.5. The number of aromatic nitrogens is 2. The van der Waals surface area contributed by atoms with Gasteiger partial charge in [0.25, 0.3) is 0 Å². The van der Waals surface area contributed by atoms with Crippen LogP contribution in [-0.4, -0.2) is 21.9 Å². The molecule has 0 bridgehead atoms. The van der Waals surface area contributed by atoms with Gasteiger partial charge in [-0.25, -0.2) is 9.97 Å². The lowest BCUT2D eigenvalue weighted by Gasteiger charge is -2.11. The Balaban J connectivity index is 2.46. The van der Waals surface area contributed by atoms with E-state index < -0.39 is 4.92 Å². The third-order valence-electron chi connectivity index (χ3n) is 2.82. The van der Waals surface area contributed by atoms with Crippen molar-refractivity contribution in [2.75, 3.05) is 12.4 Å². The number of ether oxygens (including phenoxy) is 1. The second-order valence-electron chi connectivity index (χ2n) is 4.08. The van der Waals surface area contributed by atoms with E-state index in [2.05, 4.69) is 15.3 Å². The number of benzene rings is 1. The van der Waals surface area contributed by atoms with E-state index in [0.717, 1.165) is 5.56 Å². The third kappa shape index (κ3) is 3.19. The van der Waals surface area contributed by atoms with Gasteiger partial charge in [0.15, 0.2) is 0 Å².